The van der Waals surface area contributed by atoms with Crippen molar-refractivity contribution in [2.75, 3.05) is 13.7 Å². The first-order valence-corrected chi connectivity index (χ1v) is 6.25. The van der Waals surface area contributed by atoms with E-state index in [0.717, 1.165) is 5.82 Å². The van der Waals surface area contributed by atoms with Crippen LogP contribution in [0.1, 0.15) is 5.82 Å². The third-order valence-corrected chi connectivity index (χ3v) is 3.00. The van der Waals surface area contributed by atoms with Gasteiger partial charge in [0, 0.05) is 31.3 Å². The molecule has 0 aliphatic rings. The fraction of sp³-hybridized carbons (Fsp3) is 0.308. The highest BCUT2D eigenvalue weighted by atomic mass is 16.5. The first-order chi connectivity index (χ1) is 9.61. The van der Waals surface area contributed by atoms with E-state index >= 15 is 0 Å². The van der Waals surface area contributed by atoms with Gasteiger partial charge in [0.2, 0.25) is 0 Å². The quantitative estimate of drug-likeness (QED) is 0.710. The van der Waals surface area contributed by atoms with Crippen LogP contribution >= 0.6 is 0 Å². The molecule has 0 saturated heterocycles. The summed E-state index contributed by atoms with van der Waals surface area (Å²) in [5.41, 5.74) is 0.282. The van der Waals surface area contributed by atoms with Crippen LogP contribution in [-0.4, -0.2) is 40.4 Å². The topological polar surface area (TPSA) is 76.7 Å². The number of rotatable bonds is 6. The van der Waals surface area contributed by atoms with Gasteiger partial charge in [-0.25, -0.2) is 4.98 Å². The first-order valence-electron chi connectivity index (χ1n) is 6.25. The molecular formula is C13H17BN2O4. The van der Waals surface area contributed by atoms with Gasteiger partial charge in [0.15, 0.2) is 0 Å². The number of hydrogen-bond acceptors (Lipinski definition) is 5. The predicted octanol–water partition coefficient (Wildman–Crippen LogP) is -0.270. The molecule has 1 aromatic heterocycles. The molecular weight excluding hydrogens is 259 g/mol. The monoisotopic (exact) mass is 276 g/mol. The summed E-state index contributed by atoms with van der Waals surface area (Å²) in [6.45, 7) is 0.400. The van der Waals surface area contributed by atoms with Gasteiger partial charge < -0.3 is 24.1 Å². The summed E-state index contributed by atoms with van der Waals surface area (Å²) in [6.07, 6.45) is 4.23. The highest BCUT2D eigenvalue weighted by Gasteiger charge is 2.18. The minimum Gasteiger partial charge on any atom is -0.497 e. The van der Waals surface area contributed by atoms with Crippen molar-refractivity contribution in [2.45, 2.75) is 6.42 Å². The predicted molar refractivity (Wildman–Crippen MR) is 75.2 cm³/mol. The van der Waals surface area contributed by atoms with E-state index in [0.29, 0.717) is 24.5 Å². The summed E-state index contributed by atoms with van der Waals surface area (Å²) in [6, 6.07) is 4.91. The smallest absolute Gasteiger partial charge is 0.492 e. The van der Waals surface area contributed by atoms with Crippen LogP contribution in [0, 0.1) is 0 Å². The number of methoxy groups -OCH3 is 1. The number of imidazole rings is 1. The van der Waals surface area contributed by atoms with Gasteiger partial charge in [-0.2, -0.15) is 0 Å². The molecule has 0 fully saturated rings. The number of nitrogens with zero attached hydrogens (tertiary/aromatic N) is 2. The lowest BCUT2D eigenvalue weighted by atomic mass is 9.79. The highest BCUT2D eigenvalue weighted by Crippen LogP contribution is 2.16. The van der Waals surface area contributed by atoms with Gasteiger partial charge in [0.1, 0.15) is 17.3 Å². The summed E-state index contributed by atoms with van der Waals surface area (Å²) in [5, 5.41) is 18.7. The van der Waals surface area contributed by atoms with Crippen molar-refractivity contribution in [1.29, 1.82) is 0 Å². The van der Waals surface area contributed by atoms with Gasteiger partial charge >= 0.3 is 7.12 Å². The van der Waals surface area contributed by atoms with Crippen LogP contribution in [0.3, 0.4) is 0 Å². The Bertz CT molecular complexity index is 571. The maximum atomic E-state index is 9.36. The van der Waals surface area contributed by atoms with E-state index in [1.807, 2.05) is 17.8 Å². The lowest BCUT2D eigenvalue weighted by Gasteiger charge is -2.12. The van der Waals surface area contributed by atoms with Crippen LogP contribution in [0.15, 0.2) is 30.6 Å². The zero-order valence-electron chi connectivity index (χ0n) is 11.5. The number of aromatic nitrogens is 2. The van der Waals surface area contributed by atoms with Crippen molar-refractivity contribution in [1.82, 2.24) is 9.55 Å². The molecule has 0 aliphatic heterocycles. The molecule has 0 aliphatic carbocycles. The van der Waals surface area contributed by atoms with Crippen LogP contribution < -0.4 is 14.9 Å². The molecule has 0 amide bonds. The van der Waals surface area contributed by atoms with Crippen molar-refractivity contribution in [3.05, 3.63) is 36.4 Å². The summed E-state index contributed by atoms with van der Waals surface area (Å²) in [5.74, 6) is 1.88. The summed E-state index contributed by atoms with van der Waals surface area (Å²) >= 11 is 0. The van der Waals surface area contributed by atoms with Gasteiger partial charge in [-0.05, 0) is 18.2 Å². The molecule has 0 saturated carbocycles. The molecule has 0 atom stereocenters. The van der Waals surface area contributed by atoms with E-state index < -0.39 is 7.12 Å². The highest BCUT2D eigenvalue weighted by molar-refractivity contribution is 6.59. The van der Waals surface area contributed by atoms with E-state index in [4.69, 9.17) is 9.47 Å². The van der Waals surface area contributed by atoms with Crippen molar-refractivity contribution in [3.8, 4) is 11.5 Å². The number of hydrogen-bond donors (Lipinski definition) is 2. The Morgan fingerprint density at radius 3 is 2.75 bits per heavy atom. The number of ether oxygens (including phenoxy) is 2. The second kappa shape index (κ2) is 6.45. The minimum absolute atomic E-state index is 0.282. The zero-order chi connectivity index (χ0) is 14.5. The van der Waals surface area contributed by atoms with Gasteiger partial charge in [-0.1, -0.05) is 0 Å². The lowest BCUT2D eigenvalue weighted by Crippen LogP contribution is -2.31. The van der Waals surface area contributed by atoms with Gasteiger partial charge in [-0.3, -0.25) is 0 Å². The SMILES string of the molecule is COc1ccc(OCCc2nccn2C)c(B(O)O)c1. The standard InChI is InChI=1S/C13H17BN2O4/c1-16-7-6-15-13(16)5-8-20-12-4-3-10(19-2)9-11(12)14(17)18/h3-4,6-7,9,17-18H,5,8H2,1-2H3. The van der Waals surface area contributed by atoms with Crippen molar-refractivity contribution < 1.29 is 19.5 Å². The largest absolute Gasteiger partial charge is 0.497 e. The molecule has 0 bridgehead atoms. The van der Waals surface area contributed by atoms with Gasteiger partial charge in [-0.15, -0.1) is 0 Å². The lowest BCUT2D eigenvalue weighted by molar-refractivity contribution is 0.317. The minimum atomic E-state index is -1.60. The van der Waals surface area contributed by atoms with E-state index in [-0.39, 0.29) is 5.46 Å². The Hall–Kier alpha value is -1.99. The molecule has 2 N–H and O–H groups in total. The van der Waals surface area contributed by atoms with Crippen molar-refractivity contribution >= 4 is 12.6 Å². The van der Waals surface area contributed by atoms with Crippen molar-refractivity contribution in [2.24, 2.45) is 7.05 Å². The van der Waals surface area contributed by atoms with Crippen LogP contribution in [0.4, 0.5) is 0 Å². The third kappa shape index (κ3) is 3.31. The van der Waals surface area contributed by atoms with Gasteiger partial charge in [0.25, 0.3) is 0 Å². The number of benzene rings is 1. The van der Waals surface area contributed by atoms with Crippen LogP contribution in [0.5, 0.6) is 11.5 Å². The average molecular weight is 276 g/mol. The van der Waals surface area contributed by atoms with E-state index in [1.165, 1.54) is 7.11 Å². The van der Waals surface area contributed by atoms with E-state index in [1.54, 1.807) is 24.4 Å². The Balaban J connectivity index is 2.03. The molecule has 20 heavy (non-hydrogen) atoms. The maximum absolute atomic E-state index is 9.36. The average Bonchev–Trinajstić information content (AvgIpc) is 2.84. The third-order valence-electron chi connectivity index (χ3n) is 3.00. The Kier molecular flexibility index (Phi) is 4.65. The Morgan fingerprint density at radius 2 is 2.15 bits per heavy atom. The van der Waals surface area contributed by atoms with Gasteiger partial charge in [0.05, 0.1) is 13.7 Å². The Morgan fingerprint density at radius 1 is 1.35 bits per heavy atom. The summed E-state index contributed by atoms with van der Waals surface area (Å²) in [4.78, 5) is 4.20. The second-order valence-corrected chi connectivity index (χ2v) is 4.33. The van der Waals surface area contributed by atoms with E-state index in [2.05, 4.69) is 4.98 Å². The van der Waals surface area contributed by atoms with Crippen LogP contribution in [0.2, 0.25) is 0 Å². The fourth-order valence-electron chi connectivity index (χ4n) is 1.88. The first kappa shape index (κ1) is 14.4. The molecule has 0 radical (unpaired) electrons. The summed E-state index contributed by atoms with van der Waals surface area (Å²) in [7, 11) is 1.83. The zero-order valence-corrected chi connectivity index (χ0v) is 11.5. The normalized spacial score (nSPS) is 10.4. The number of aryl methyl sites for hydroxylation is 1. The second-order valence-electron chi connectivity index (χ2n) is 4.33. The molecule has 2 aromatic rings. The molecule has 7 heteroatoms. The molecule has 0 unspecified atom stereocenters. The molecule has 106 valence electrons. The fourth-order valence-corrected chi connectivity index (χ4v) is 1.88. The molecule has 2 rings (SSSR count). The Labute approximate surface area is 117 Å². The van der Waals surface area contributed by atoms with Crippen LogP contribution in [0.25, 0.3) is 0 Å². The van der Waals surface area contributed by atoms with E-state index in [9.17, 15) is 10.0 Å². The molecule has 1 aromatic carbocycles. The molecule has 6 nitrogen and oxygen atoms in total. The van der Waals surface area contributed by atoms with Crippen LogP contribution in [-0.2, 0) is 13.5 Å². The molecule has 0 spiro atoms. The van der Waals surface area contributed by atoms with Crippen molar-refractivity contribution in [3.63, 3.8) is 0 Å². The molecule has 1 heterocycles. The maximum Gasteiger partial charge on any atom is 0.492 e. The summed E-state index contributed by atoms with van der Waals surface area (Å²) < 4.78 is 12.6.